The first kappa shape index (κ1) is 4.89. The molecule has 0 saturated carbocycles. The second-order valence-electron chi connectivity index (χ2n) is 1.10. The van der Waals surface area contributed by atoms with Crippen molar-refractivity contribution in [2.24, 2.45) is 0 Å². The maximum absolute atomic E-state index is 3.11. The van der Waals surface area contributed by atoms with Crippen LogP contribution in [0.5, 0.6) is 0 Å². The molecule has 0 radical (unpaired) electrons. The second-order valence-corrected chi connectivity index (χ2v) is 1.10. The van der Waals surface area contributed by atoms with Gasteiger partial charge in [-0.3, -0.25) is 4.70 Å². The summed E-state index contributed by atoms with van der Waals surface area (Å²) in [5.41, 5.74) is 0. The summed E-state index contributed by atoms with van der Waals surface area (Å²) in [6.07, 6.45) is 1.39. The average molecular weight is 77.1 g/mol. The molecule has 1 heterocycles. The molecule has 2 heteroatoms. The van der Waals surface area contributed by atoms with E-state index in [0.717, 1.165) is 0 Å². The van der Waals surface area contributed by atoms with Crippen molar-refractivity contribution in [3.63, 3.8) is 0 Å². The Bertz CT molecular complexity index is 14.9. The first-order valence-electron chi connectivity index (χ1n) is 1.71. The molecule has 0 unspecified atom stereocenters. The molecule has 32 valence electrons. The third-order valence-corrected chi connectivity index (χ3v) is 0.707. The third kappa shape index (κ3) is 0.918. The first-order chi connectivity index (χ1) is 2.00. The largest absolute Gasteiger partial charge is 0.317 e. The number of hydrogen-bond acceptors (Lipinski definition) is 1. The Labute approximate surface area is 30.7 Å². The minimum atomic E-state index is 0. The Balaban J connectivity index is 0.000000160. The van der Waals surface area contributed by atoms with E-state index < -0.39 is 0 Å². The van der Waals surface area contributed by atoms with E-state index in [0.29, 0.717) is 0 Å². The molecule has 0 aromatic heterocycles. The molecule has 1 rings (SSSR count). The Morgan fingerprint density at radius 3 is 1.40 bits per heavy atom. The first-order valence-corrected chi connectivity index (χ1v) is 1.71. The van der Waals surface area contributed by atoms with Crippen LogP contribution < -0.4 is 5.32 Å². The molecule has 0 bridgehead atoms. The maximum atomic E-state index is 3.11. The Morgan fingerprint density at radius 1 is 1.20 bits per heavy atom. The lowest BCUT2D eigenvalue weighted by atomic mass is 10.3. The van der Waals surface area contributed by atoms with Crippen LogP contribution in [0.4, 0.5) is 4.70 Å². The molecule has 1 saturated heterocycles. The van der Waals surface area contributed by atoms with Gasteiger partial charge in [0.15, 0.2) is 0 Å². The molecule has 1 aliphatic rings. The molecule has 0 aromatic rings. The summed E-state index contributed by atoms with van der Waals surface area (Å²) in [4.78, 5) is 0. The van der Waals surface area contributed by atoms with Gasteiger partial charge in [-0.2, -0.15) is 0 Å². The van der Waals surface area contributed by atoms with Crippen LogP contribution in [0.25, 0.3) is 0 Å². The summed E-state index contributed by atoms with van der Waals surface area (Å²) in [5.74, 6) is 0. The lowest BCUT2D eigenvalue weighted by Crippen LogP contribution is -2.29. The molecule has 0 atom stereocenters. The molecule has 0 spiro atoms. The quantitative estimate of drug-likeness (QED) is 0.433. The Kier molecular flexibility index (Phi) is 2.10. The van der Waals surface area contributed by atoms with Crippen LogP contribution >= 0.6 is 0 Å². The smallest absolute Gasteiger partial charge is 0.00368 e. The summed E-state index contributed by atoms with van der Waals surface area (Å²) >= 11 is 0. The average Bonchev–Trinajstić information content (AvgIpc) is 0.722. The van der Waals surface area contributed by atoms with E-state index in [1.165, 1.54) is 19.5 Å². The van der Waals surface area contributed by atoms with E-state index in [2.05, 4.69) is 5.32 Å². The zero-order chi connectivity index (χ0) is 2.83. The van der Waals surface area contributed by atoms with Crippen molar-refractivity contribution in [3.8, 4) is 0 Å². The van der Waals surface area contributed by atoms with Gasteiger partial charge in [-0.25, -0.2) is 0 Å². The summed E-state index contributed by atoms with van der Waals surface area (Å²) in [6, 6.07) is 0. The van der Waals surface area contributed by atoms with Crippen LogP contribution in [-0.4, -0.2) is 13.1 Å². The van der Waals surface area contributed by atoms with Gasteiger partial charge in [0.1, 0.15) is 0 Å². The van der Waals surface area contributed by atoms with E-state index in [9.17, 15) is 0 Å². The van der Waals surface area contributed by atoms with E-state index in [4.69, 9.17) is 0 Å². The van der Waals surface area contributed by atoms with Crippen LogP contribution in [0.1, 0.15) is 6.42 Å². The fourth-order valence-electron chi connectivity index (χ4n) is 0.177. The van der Waals surface area contributed by atoms with Crippen LogP contribution in [0.2, 0.25) is 0 Å². The fraction of sp³-hybridized carbons (Fsp3) is 1.00. The molecule has 0 aromatic carbocycles. The summed E-state index contributed by atoms with van der Waals surface area (Å²) in [5, 5.41) is 3.11. The van der Waals surface area contributed by atoms with Crippen molar-refractivity contribution in [2.45, 2.75) is 6.42 Å². The number of nitrogens with one attached hydrogen (secondary N) is 1. The molecular weight excluding hydrogens is 69.0 g/mol. The van der Waals surface area contributed by atoms with Gasteiger partial charge in [-0.1, -0.05) is 0 Å². The van der Waals surface area contributed by atoms with Gasteiger partial charge in [0.05, 0.1) is 0 Å². The standard InChI is InChI=1S/C3H7N.FH/c1-2-4-3-1;/h4H,1-3H2;1H. The van der Waals surface area contributed by atoms with E-state index in [-0.39, 0.29) is 4.70 Å². The molecular formula is C3H8FN. The van der Waals surface area contributed by atoms with Crippen LogP contribution in [0.3, 0.4) is 0 Å². The van der Waals surface area contributed by atoms with Gasteiger partial charge in [-0.15, -0.1) is 0 Å². The van der Waals surface area contributed by atoms with Crippen molar-refractivity contribution < 1.29 is 4.70 Å². The van der Waals surface area contributed by atoms with Gasteiger partial charge in [0.25, 0.3) is 0 Å². The van der Waals surface area contributed by atoms with Gasteiger partial charge in [0.2, 0.25) is 0 Å². The van der Waals surface area contributed by atoms with Crippen LogP contribution in [0, 0.1) is 0 Å². The number of halogens is 1. The highest BCUT2D eigenvalue weighted by molar-refractivity contribution is 4.56. The Hall–Kier alpha value is -0.110. The predicted octanol–water partition coefficient (Wildman–Crippen LogP) is 0.132. The summed E-state index contributed by atoms with van der Waals surface area (Å²) in [6.45, 7) is 2.50. The number of hydrogen-bond donors (Lipinski definition) is 1. The third-order valence-electron chi connectivity index (χ3n) is 0.707. The molecule has 1 N–H and O–H groups in total. The van der Waals surface area contributed by atoms with Crippen molar-refractivity contribution in [3.05, 3.63) is 0 Å². The van der Waals surface area contributed by atoms with Crippen molar-refractivity contribution in [2.75, 3.05) is 13.1 Å². The van der Waals surface area contributed by atoms with Gasteiger partial charge in [-0.05, 0) is 19.5 Å². The summed E-state index contributed by atoms with van der Waals surface area (Å²) < 4.78 is 0. The molecule has 5 heavy (non-hydrogen) atoms. The number of rotatable bonds is 0. The molecule has 1 fully saturated rings. The SMILES string of the molecule is C1CNC1.F. The highest BCUT2D eigenvalue weighted by Crippen LogP contribution is 1.80. The zero-order valence-electron chi connectivity index (χ0n) is 3.03. The van der Waals surface area contributed by atoms with Crippen molar-refractivity contribution in [1.29, 1.82) is 0 Å². The Morgan fingerprint density at radius 2 is 1.40 bits per heavy atom. The van der Waals surface area contributed by atoms with E-state index in [1.54, 1.807) is 0 Å². The molecule has 0 aliphatic carbocycles. The van der Waals surface area contributed by atoms with E-state index in [1.807, 2.05) is 0 Å². The monoisotopic (exact) mass is 77.1 g/mol. The normalized spacial score (nSPS) is 19.2. The zero-order valence-corrected chi connectivity index (χ0v) is 3.03. The molecule has 1 nitrogen and oxygen atoms in total. The minimum absolute atomic E-state index is 0. The molecule has 0 amide bonds. The maximum Gasteiger partial charge on any atom is -0.00368 e. The fourth-order valence-corrected chi connectivity index (χ4v) is 0.177. The van der Waals surface area contributed by atoms with Crippen LogP contribution in [-0.2, 0) is 0 Å². The van der Waals surface area contributed by atoms with E-state index >= 15 is 0 Å². The lowest BCUT2D eigenvalue weighted by molar-refractivity contribution is 0.527. The van der Waals surface area contributed by atoms with Crippen molar-refractivity contribution >= 4 is 0 Å². The van der Waals surface area contributed by atoms with Crippen LogP contribution in [0.15, 0.2) is 0 Å². The highest BCUT2D eigenvalue weighted by atomic mass is 19.0. The van der Waals surface area contributed by atoms with Gasteiger partial charge < -0.3 is 5.32 Å². The van der Waals surface area contributed by atoms with Gasteiger partial charge >= 0.3 is 0 Å². The molecule has 1 aliphatic heterocycles. The topological polar surface area (TPSA) is 12.0 Å². The van der Waals surface area contributed by atoms with Gasteiger partial charge in [0, 0.05) is 0 Å². The van der Waals surface area contributed by atoms with Crippen molar-refractivity contribution in [1.82, 2.24) is 5.32 Å². The summed E-state index contributed by atoms with van der Waals surface area (Å²) in [7, 11) is 0. The highest BCUT2D eigenvalue weighted by Gasteiger charge is 1.92. The lowest BCUT2D eigenvalue weighted by Gasteiger charge is -2.09. The predicted molar refractivity (Wildman–Crippen MR) is 20.0 cm³/mol. The minimum Gasteiger partial charge on any atom is -0.317 e. The second kappa shape index (κ2) is 2.15.